The maximum atomic E-state index is 11.8. The second-order valence-electron chi connectivity index (χ2n) is 3.65. The summed E-state index contributed by atoms with van der Waals surface area (Å²) in [5.41, 5.74) is 0.261. The number of amides is 2. The van der Waals surface area contributed by atoms with Gasteiger partial charge in [-0.15, -0.1) is 0 Å². The van der Waals surface area contributed by atoms with Crippen LogP contribution in [0.1, 0.15) is 5.56 Å². The normalized spacial score (nSPS) is 17.3. The third-order valence-corrected chi connectivity index (χ3v) is 3.18. The predicted molar refractivity (Wildman–Crippen MR) is 67.4 cm³/mol. The van der Waals surface area contributed by atoms with Crippen LogP contribution in [0.2, 0.25) is 0 Å². The molecule has 2 amide bonds. The molecular formula is C11H8N2O5S. The van der Waals surface area contributed by atoms with E-state index in [9.17, 15) is 19.2 Å². The minimum atomic E-state index is -1.26. The number of rotatable bonds is 3. The first-order chi connectivity index (χ1) is 8.97. The molecule has 0 radical (unpaired) electrons. The Hall–Kier alpha value is -2.35. The lowest BCUT2D eigenvalue weighted by atomic mass is 10.2. The topological polar surface area (TPSA) is 108 Å². The second kappa shape index (κ2) is 5.11. The molecule has 1 aromatic rings. The van der Waals surface area contributed by atoms with Crippen molar-refractivity contribution in [2.45, 2.75) is 0 Å². The standard InChI is InChI=1S/C11H8N2O5S/c14-8-2-1-6(4-12-8)3-7-10(17)13(5-9(15)16)11(18)19-7/h1-4H,5H2,(H,12,14)(H,15,16). The second-order valence-corrected chi connectivity index (χ2v) is 4.64. The van der Waals surface area contributed by atoms with E-state index < -0.39 is 23.7 Å². The molecule has 2 rings (SSSR count). The van der Waals surface area contributed by atoms with E-state index in [1.807, 2.05) is 0 Å². The summed E-state index contributed by atoms with van der Waals surface area (Å²) in [6.45, 7) is -0.659. The number of carboxylic acid groups (broad SMARTS) is 1. The molecule has 98 valence electrons. The van der Waals surface area contributed by atoms with E-state index in [1.54, 1.807) is 0 Å². The highest BCUT2D eigenvalue weighted by Gasteiger charge is 2.36. The van der Waals surface area contributed by atoms with Gasteiger partial charge in [-0.3, -0.25) is 24.1 Å². The number of pyridine rings is 1. The van der Waals surface area contributed by atoms with Crippen LogP contribution >= 0.6 is 11.8 Å². The fourth-order valence-electron chi connectivity index (χ4n) is 1.44. The van der Waals surface area contributed by atoms with E-state index in [2.05, 4.69) is 4.98 Å². The van der Waals surface area contributed by atoms with Crippen LogP contribution in [-0.2, 0) is 9.59 Å². The first-order valence-electron chi connectivity index (χ1n) is 5.13. The highest BCUT2D eigenvalue weighted by Crippen LogP contribution is 2.31. The molecule has 0 unspecified atom stereocenters. The molecule has 8 heteroatoms. The summed E-state index contributed by atoms with van der Waals surface area (Å²) in [6, 6.07) is 2.78. The Bertz CT molecular complexity index is 628. The molecule has 1 fully saturated rings. The molecule has 1 aliphatic heterocycles. The van der Waals surface area contributed by atoms with E-state index in [-0.39, 0.29) is 10.5 Å². The van der Waals surface area contributed by atoms with Gasteiger partial charge in [-0.2, -0.15) is 0 Å². The third-order valence-electron chi connectivity index (χ3n) is 2.27. The quantitative estimate of drug-likeness (QED) is 0.780. The Morgan fingerprint density at radius 2 is 2.11 bits per heavy atom. The SMILES string of the molecule is O=C(O)CN1C(=O)SC(=Cc2ccc(=O)[nH]c2)C1=O. The van der Waals surface area contributed by atoms with Crippen LogP contribution in [0.15, 0.2) is 28.0 Å². The first kappa shape index (κ1) is 13.1. The van der Waals surface area contributed by atoms with E-state index in [0.717, 1.165) is 0 Å². The Labute approximate surface area is 110 Å². The largest absolute Gasteiger partial charge is 0.480 e. The molecule has 2 N–H and O–H groups in total. The van der Waals surface area contributed by atoms with Crippen molar-refractivity contribution in [1.82, 2.24) is 9.88 Å². The molecule has 0 spiro atoms. The van der Waals surface area contributed by atoms with Crippen LogP contribution in [0.3, 0.4) is 0 Å². The van der Waals surface area contributed by atoms with Crippen LogP contribution in [0, 0.1) is 0 Å². The van der Waals surface area contributed by atoms with Crippen LogP contribution in [0.25, 0.3) is 6.08 Å². The van der Waals surface area contributed by atoms with Crippen molar-refractivity contribution in [3.8, 4) is 0 Å². The van der Waals surface area contributed by atoms with E-state index in [4.69, 9.17) is 5.11 Å². The molecule has 0 atom stereocenters. The highest BCUT2D eigenvalue weighted by atomic mass is 32.2. The number of H-pyrrole nitrogens is 1. The Morgan fingerprint density at radius 3 is 2.68 bits per heavy atom. The highest BCUT2D eigenvalue weighted by molar-refractivity contribution is 8.18. The summed E-state index contributed by atoms with van der Waals surface area (Å²) in [4.78, 5) is 47.9. The maximum absolute atomic E-state index is 11.8. The summed E-state index contributed by atoms with van der Waals surface area (Å²) < 4.78 is 0. The zero-order chi connectivity index (χ0) is 14.0. The first-order valence-corrected chi connectivity index (χ1v) is 5.95. The maximum Gasteiger partial charge on any atom is 0.323 e. The van der Waals surface area contributed by atoms with E-state index in [0.29, 0.717) is 22.2 Å². The minimum Gasteiger partial charge on any atom is -0.480 e. The lowest BCUT2D eigenvalue weighted by Gasteiger charge is -2.07. The lowest BCUT2D eigenvalue weighted by Crippen LogP contribution is -2.33. The van der Waals surface area contributed by atoms with Gasteiger partial charge in [0.2, 0.25) is 5.56 Å². The minimum absolute atomic E-state index is 0.123. The molecule has 0 bridgehead atoms. The average Bonchev–Trinajstić information content (AvgIpc) is 2.60. The smallest absolute Gasteiger partial charge is 0.323 e. The number of imide groups is 1. The zero-order valence-corrected chi connectivity index (χ0v) is 10.3. The van der Waals surface area contributed by atoms with Crippen molar-refractivity contribution in [3.05, 3.63) is 39.2 Å². The molecule has 1 saturated heterocycles. The lowest BCUT2D eigenvalue weighted by molar-refractivity contribution is -0.140. The Morgan fingerprint density at radius 1 is 1.37 bits per heavy atom. The van der Waals surface area contributed by atoms with Gasteiger partial charge in [0.15, 0.2) is 0 Å². The van der Waals surface area contributed by atoms with Gasteiger partial charge in [0, 0.05) is 12.3 Å². The van der Waals surface area contributed by atoms with Crippen molar-refractivity contribution in [3.63, 3.8) is 0 Å². The molecule has 19 heavy (non-hydrogen) atoms. The molecule has 1 aliphatic rings. The van der Waals surface area contributed by atoms with Gasteiger partial charge in [-0.25, -0.2) is 0 Å². The molecule has 7 nitrogen and oxygen atoms in total. The molecular weight excluding hydrogens is 272 g/mol. The molecule has 2 heterocycles. The number of aromatic nitrogens is 1. The van der Waals surface area contributed by atoms with Gasteiger partial charge in [0.05, 0.1) is 4.91 Å². The van der Waals surface area contributed by atoms with Crippen molar-refractivity contribution < 1.29 is 19.5 Å². The molecule has 0 aromatic carbocycles. The van der Waals surface area contributed by atoms with Crippen LogP contribution in [0.5, 0.6) is 0 Å². The van der Waals surface area contributed by atoms with Crippen molar-refractivity contribution in [2.75, 3.05) is 6.54 Å². The Kier molecular flexibility index (Phi) is 3.52. The van der Waals surface area contributed by atoms with Gasteiger partial charge in [0.1, 0.15) is 6.54 Å². The summed E-state index contributed by atoms with van der Waals surface area (Å²) in [5.74, 6) is -1.91. The van der Waals surface area contributed by atoms with Crippen LogP contribution < -0.4 is 5.56 Å². The van der Waals surface area contributed by atoms with E-state index >= 15 is 0 Å². The summed E-state index contributed by atoms with van der Waals surface area (Å²) in [5, 5.41) is 7.98. The number of aliphatic carboxylic acids is 1. The molecule has 0 aliphatic carbocycles. The van der Waals surface area contributed by atoms with Crippen molar-refractivity contribution in [2.24, 2.45) is 0 Å². The zero-order valence-electron chi connectivity index (χ0n) is 9.45. The summed E-state index contributed by atoms with van der Waals surface area (Å²) >= 11 is 0.666. The summed E-state index contributed by atoms with van der Waals surface area (Å²) in [7, 11) is 0. The number of nitrogens with one attached hydrogen (secondary N) is 1. The monoisotopic (exact) mass is 280 g/mol. The predicted octanol–water partition coefficient (Wildman–Crippen LogP) is 0.496. The fraction of sp³-hybridized carbons (Fsp3) is 0.0909. The number of hydrogen-bond acceptors (Lipinski definition) is 5. The van der Waals surface area contributed by atoms with Crippen molar-refractivity contribution >= 4 is 35.0 Å². The number of carbonyl (C=O) groups excluding carboxylic acids is 2. The Balaban J connectivity index is 2.25. The number of thioether (sulfide) groups is 1. The van der Waals surface area contributed by atoms with Gasteiger partial charge in [-0.05, 0) is 29.5 Å². The number of hydrogen-bond donors (Lipinski definition) is 2. The van der Waals surface area contributed by atoms with E-state index in [1.165, 1.54) is 24.4 Å². The average molecular weight is 280 g/mol. The van der Waals surface area contributed by atoms with Gasteiger partial charge >= 0.3 is 5.97 Å². The number of aromatic amines is 1. The number of carboxylic acids is 1. The van der Waals surface area contributed by atoms with Gasteiger partial charge in [0.25, 0.3) is 11.1 Å². The molecule has 0 saturated carbocycles. The number of carbonyl (C=O) groups is 3. The van der Waals surface area contributed by atoms with Gasteiger partial charge in [-0.1, -0.05) is 0 Å². The summed E-state index contributed by atoms with van der Waals surface area (Å²) in [6.07, 6.45) is 2.82. The van der Waals surface area contributed by atoms with Crippen LogP contribution in [0.4, 0.5) is 4.79 Å². The molecule has 1 aromatic heterocycles. The third kappa shape index (κ3) is 2.91. The van der Waals surface area contributed by atoms with Gasteiger partial charge < -0.3 is 10.1 Å². The number of nitrogens with zero attached hydrogens (tertiary/aromatic N) is 1. The van der Waals surface area contributed by atoms with Crippen molar-refractivity contribution in [1.29, 1.82) is 0 Å². The van der Waals surface area contributed by atoms with Crippen LogP contribution in [-0.4, -0.2) is 38.7 Å². The fourth-order valence-corrected chi connectivity index (χ4v) is 2.27.